The van der Waals surface area contributed by atoms with Gasteiger partial charge in [0.2, 0.25) is 0 Å². The third-order valence-corrected chi connectivity index (χ3v) is 3.73. The van der Waals surface area contributed by atoms with E-state index in [2.05, 4.69) is 20.4 Å². The van der Waals surface area contributed by atoms with E-state index in [0.717, 1.165) is 6.29 Å². The summed E-state index contributed by atoms with van der Waals surface area (Å²) >= 11 is 0. The number of aromatic nitrogens is 2. The molecule has 0 saturated heterocycles. The fourth-order valence-electron chi connectivity index (χ4n) is 2.64. The molecule has 0 bridgehead atoms. The summed E-state index contributed by atoms with van der Waals surface area (Å²) in [5.41, 5.74) is 3.93. The summed E-state index contributed by atoms with van der Waals surface area (Å²) in [5, 5.41) is 1.82. The minimum atomic E-state index is -1.08. The summed E-state index contributed by atoms with van der Waals surface area (Å²) in [6.07, 6.45) is 9.46. The van der Waals surface area contributed by atoms with Crippen LogP contribution in [-0.4, -0.2) is 33.5 Å². The first-order valence-electron chi connectivity index (χ1n) is 7.38. The molecule has 1 N–H and O–H groups in total. The summed E-state index contributed by atoms with van der Waals surface area (Å²) < 4.78 is 0. The lowest BCUT2D eigenvalue weighted by atomic mass is 9.87. The van der Waals surface area contributed by atoms with Crippen LogP contribution in [0.15, 0.2) is 66.2 Å². The molecule has 0 aromatic carbocycles. The van der Waals surface area contributed by atoms with Gasteiger partial charge in [-0.1, -0.05) is 13.0 Å². The molecule has 3 rings (SSSR count). The number of pyridine rings is 2. The first kappa shape index (κ1) is 15.1. The third kappa shape index (κ3) is 2.64. The number of rotatable bonds is 4. The number of aldehydes is 1. The first-order valence-corrected chi connectivity index (χ1v) is 7.38. The molecule has 1 aliphatic heterocycles. The number of likely N-dealkylation sites (N-methyl/N-ethyl adjacent to an activating group) is 1. The van der Waals surface area contributed by atoms with Gasteiger partial charge in [0.05, 0.1) is 23.3 Å². The number of hydrazine groups is 1. The summed E-state index contributed by atoms with van der Waals surface area (Å²) in [6, 6.07) is 9.17. The van der Waals surface area contributed by atoms with Gasteiger partial charge in [0, 0.05) is 25.1 Å². The number of carbonyl (C=O) groups is 1. The summed E-state index contributed by atoms with van der Waals surface area (Å²) in [7, 11) is 0. The van der Waals surface area contributed by atoms with E-state index in [9.17, 15) is 4.79 Å². The number of carbonyl (C=O) groups excluding carboxylic acids is 1. The van der Waals surface area contributed by atoms with Crippen LogP contribution < -0.4 is 5.43 Å². The van der Waals surface area contributed by atoms with E-state index in [1.54, 1.807) is 30.9 Å². The predicted molar refractivity (Wildman–Crippen MR) is 88.0 cm³/mol. The molecule has 23 heavy (non-hydrogen) atoms. The lowest BCUT2D eigenvalue weighted by molar-refractivity contribution is -0.116. The Hall–Kier alpha value is -2.86. The van der Waals surface area contributed by atoms with Gasteiger partial charge >= 0.3 is 0 Å². The minimum Gasteiger partial charge on any atom is -0.324 e. The average Bonchev–Trinajstić information content (AvgIpc) is 2.63. The summed E-state index contributed by atoms with van der Waals surface area (Å²) in [5.74, 6) is 0. The van der Waals surface area contributed by atoms with Crippen molar-refractivity contribution in [2.75, 3.05) is 6.54 Å². The zero-order valence-electron chi connectivity index (χ0n) is 12.8. The maximum absolute atomic E-state index is 12.2. The van der Waals surface area contributed by atoms with Crippen LogP contribution in [0.4, 0.5) is 5.69 Å². The molecule has 116 valence electrons. The Morgan fingerprint density at radius 1 is 1.30 bits per heavy atom. The molecule has 0 saturated carbocycles. The number of nitrogens with zero attached hydrogens (tertiary/aromatic N) is 4. The molecule has 0 amide bonds. The van der Waals surface area contributed by atoms with Crippen LogP contribution >= 0.6 is 0 Å². The minimum absolute atomic E-state index is 0.597. The van der Waals surface area contributed by atoms with Crippen LogP contribution in [0.3, 0.4) is 0 Å². The van der Waals surface area contributed by atoms with E-state index in [0.29, 0.717) is 23.6 Å². The molecular formula is C17H17N5O. The number of hydrogen-bond donors (Lipinski definition) is 1. The Morgan fingerprint density at radius 3 is 2.87 bits per heavy atom. The smallest absolute Gasteiger partial charge is 0.179 e. The van der Waals surface area contributed by atoms with Crippen molar-refractivity contribution in [1.29, 1.82) is 0 Å². The second kappa shape index (κ2) is 6.50. The Labute approximate surface area is 134 Å². The molecule has 1 atom stereocenters. The molecule has 2 aromatic rings. The van der Waals surface area contributed by atoms with Crippen molar-refractivity contribution < 1.29 is 4.79 Å². The van der Waals surface area contributed by atoms with Crippen LogP contribution in [0.5, 0.6) is 0 Å². The second-order valence-electron chi connectivity index (χ2n) is 5.01. The monoisotopic (exact) mass is 307 g/mol. The van der Waals surface area contributed by atoms with Crippen LogP contribution in [0.1, 0.15) is 12.6 Å². The highest BCUT2D eigenvalue weighted by atomic mass is 16.1. The number of hydrogen-bond acceptors (Lipinski definition) is 6. The maximum atomic E-state index is 12.2. The maximum Gasteiger partial charge on any atom is 0.179 e. The molecule has 2 aromatic heterocycles. The van der Waals surface area contributed by atoms with Gasteiger partial charge in [-0.3, -0.25) is 9.97 Å². The van der Waals surface area contributed by atoms with Crippen LogP contribution in [0, 0.1) is 0 Å². The van der Waals surface area contributed by atoms with E-state index >= 15 is 0 Å². The predicted octanol–water partition coefficient (Wildman–Crippen LogP) is 2.00. The van der Waals surface area contributed by atoms with Crippen molar-refractivity contribution in [1.82, 2.24) is 20.4 Å². The van der Waals surface area contributed by atoms with Gasteiger partial charge < -0.3 is 10.2 Å². The largest absolute Gasteiger partial charge is 0.324 e. The number of nitrogens with one attached hydrogen (secondary N) is 1. The van der Waals surface area contributed by atoms with E-state index in [4.69, 9.17) is 0 Å². The Morgan fingerprint density at radius 2 is 2.22 bits per heavy atom. The first-order chi connectivity index (χ1) is 11.3. The fraction of sp³-hybridized carbons (Fsp3) is 0.176. The quantitative estimate of drug-likeness (QED) is 0.875. The van der Waals surface area contributed by atoms with E-state index in [1.165, 1.54) is 0 Å². The topological polar surface area (TPSA) is 70.5 Å². The van der Waals surface area contributed by atoms with Crippen molar-refractivity contribution in [3.63, 3.8) is 0 Å². The van der Waals surface area contributed by atoms with Gasteiger partial charge in [-0.15, -0.1) is 0 Å². The summed E-state index contributed by atoms with van der Waals surface area (Å²) in [4.78, 5) is 25.3. The van der Waals surface area contributed by atoms with Crippen molar-refractivity contribution in [2.45, 2.75) is 12.5 Å². The van der Waals surface area contributed by atoms with Crippen LogP contribution in [0.25, 0.3) is 0 Å². The lowest BCUT2D eigenvalue weighted by Crippen LogP contribution is -2.59. The molecule has 0 radical (unpaired) electrons. The van der Waals surface area contributed by atoms with E-state index in [1.807, 2.05) is 42.3 Å². The van der Waals surface area contributed by atoms with Crippen molar-refractivity contribution in [3.8, 4) is 0 Å². The number of aliphatic imine (C=N–C) groups is 1. The molecule has 3 heterocycles. The van der Waals surface area contributed by atoms with Crippen molar-refractivity contribution >= 4 is 17.7 Å². The highest BCUT2D eigenvalue weighted by Gasteiger charge is 2.45. The molecule has 1 unspecified atom stereocenters. The molecule has 6 heteroatoms. The van der Waals surface area contributed by atoms with Gasteiger partial charge in [-0.2, -0.15) is 5.01 Å². The average molecular weight is 307 g/mol. The van der Waals surface area contributed by atoms with Gasteiger partial charge in [0.15, 0.2) is 11.8 Å². The lowest BCUT2D eigenvalue weighted by Gasteiger charge is -2.41. The molecule has 0 spiro atoms. The van der Waals surface area contributed by atoms with Crippen LogP contribution in [0.2, 0.25) is 0 Å². The third-order valence-electron chi connectivity index (χ3n) is 3.73. The van der Waals surface area contributed by atoms with Gasteiger partial charge in [-0.25, -0.2) is 4.99 Å². The standard InChI is InChI=1S/C17H17N5O/c1-2-22-17(13-23,15-7-3-4-10-19-15)16(8-11-20-22)21-14-6-5-9-18-12-14/h3-13,20H,2H2,1H3. The highest BCUT2D eigenvalue weighted by Crippen LogP contribution is 2.30. The highest BCUT2D eigenvalue weighted by molar-refractivity contribution is 6.14. The van der Waals surface area contributed by atoms with Crippen molar-refractivity contribution in [2.24, 2.45) is 4.99 Å². The zero-order valence-corrected chi connectivity index (χ0v) is 12.8. The fourth-order valence-corrected chi connectivity index (χ4v) is 2.64. The van der Waals surface area contributed by atoms with Crippen LogP contribution in [-0.2, 0) is 10.3 Å². The molecular weight excluding hydrogens is 290 g/mol. The van der Waals surface area contributed by atoms with Crippen molar-refractivity contribution in [3.05, 3.63) is 66.9 Å². The molecule has 6 nitrogen and oxygen atoms in total. The molecule has 0 fully saturated rings. The summed E-state index contributed by atoms with van der Waals surface area (Å²) in [6.45, 7) is 2.57. The van der Waals surface area contributed by atoms with E-state index < -0.39 is 5.54 Å². The molecule has 0 aliphatic carbocycles. The SMILES string of the molecule is CCN1NC=CC(=Nc2cccnc2)C1(C=O)c1ccccn1. The second-order valence-corrected chi connectivity index (χ2v) is 5.01. The Bertz CT molecular complexity index is 729. The van der Waals surface area contributed by atoms with Gasteiger partial charge in [-0.05, 0) is 30.3 Å². The zero-order chi connectivity index (χ0) is 16.1. The molecule has 1 aliphatic rings. The normalized spacial score (nSPS) is 22.7. The Kier molecular flexibility index (Phi) is 4.25. The Balaban J connectivity index is 2.19. The van der Waals surface area contributed by atoms with Gasteiger partial charge in [0.25, 0.3) is 0 Å². The van der Waals surface area contributed by atoms with Gasteiger partial charge in [0.1, 0.15) is 0 Å². The van der Waals surface area contributed by atoms with E-state index in [-0.39, 0.29) is 0 Å².